The maximum Gasteiger partial charge on any atom is 0.339 e. The zero-order valence-electron chi connectivity index (χ0n) is 21.1. The second-order valence-corrected chi connectivity index (χ2v) is 16.8. The Morgan fingerprint density at radius 3 is 2.46 bits per heavy atom. The third-order valence-electron chi connectivity index (χ3n) is 8.16. The second kappa shape index (κ2) is 11.7. The number of ether oxygens (including phenoxy) is 3. The lowest BCUT2D eigenvalue weighted by atomic mass is 9.78. The lowest BCUT2D eigenvalue weighted by molar-refractivity contribution is -0.149. The molecule has 0 aromatic heterocycles. The Morgan fingerprint density at radius 2 is 1.76 bits per heavy atom. The quantitative estimate of drug-likeness (QED) is 0.129. The van der Waals surface area contributed by atoms with Gasteiger partial charge in [0, 0.05) is 10.7 Å². The third-order valence-corrected chi connectivity index (χ3v) is 14.5. The largest absolute Gasteiger partial charge is 0.457 e. The Bertz CT molecular complexity index is 1560. The number of rotatable bonds is 6. The number of hydrogen-bond donors (Lipinski definition) is 1. The molecule has 6 atom stereocenters. The fourth-order valence-electron chi connectivity index (χ4n) is 6.37. The number of carbonyl (C=O) groups is 3. The summed E-state index contributed by atoms with van der Waals surface area (Å²) in [4.78, 5) is 39.5. The van der Waals surface area contributed by atoms with Crippen molar-refractivity contribution in [2.24, 2.45) is 11.8 Å². The van der Waals surface area contributed by atoms with Crippen LogP contribution in [0.2, 0.25) is 0 Å². The molecule has 4 fully saturated rings. The fraction of sp³-hybridized carbons (Fsp3) is 0.444. The maximum absolute atomic E-state index is 13.6. The standard InChI is InChI=1S/C27H23I3O9S2/c28-12-8-15(20(30)16(29)9-12)25(31)38-21-22-24-19(27(33)39-22)18(23(21)40-24)26(32)37-13-6-7-17(41(34,35)36)14(10-13)11-4-2-1-3-5-11/h6-11,18-19,21-24H,1-5H2,(H,34,35,36). The van der Waals surface area contributed by atoms with Crippen LogP contribution in [0.1, 0.15) is 53.9 Å². The molecule has 14 heteroatoms. The third kappa shape index (κ3) is 5.66. The van der Waals surface area contributed by atoms with Crippen LogP contribution in [0.3, 0.4) is 0 Å². The van der Waals surface area contributed by atoms with Gasteiger partial charge in [0.2, 0.25) is 0 Å². The molecule has 1 saturated carbocycles. The van der Waals surface area contributed by atoms with Crippen molar-refractivity contribution in [1.29, 1.82) is 0 Å². The van der Waals surface area contributed by atoms with E-state index in [0.717, 1.165) is 42.8 Å². The molecule has 0 radical (unpaired) electrons. The summed E-state index contributed by atoms with van der Waals surface area (Å²) < 4.78 is 53.8. The number of fused-ring (bicyclic) bond motifs is 1. The summed E-state index contributed by atoms with van der Waals surface area (Å²) >= 11 is 7.79. The number of halogens is 3. The number of thioether (sulfide) groups is 1. The molecule has 6 rings (SSSR count). The first-order chi connectivity index (χ1) is 19.4. The first kappa shape index (κ1) is 30.3. The zero-order valence-corrected chi connectivity index (χ0v) is 29.2. The molecule has 41 heavy (non-hydrogen) atoms. The minimum Gasteiger partial charge on any atom is -0.457 e. The average Bonchev–Trinajstić information content (AvgIpc) is 3.54. The Hall–Kier alpha value is -0.700. The summed E-state index contributed by atoms with van der Waals surface area (Å²) in [5, 5.41) is -0.870. The van der Waals surface area contributed by atoms with Gasteiger partial charge in [-0.2, -0.15) is 8.42 Å². The molecular formula is C27H23I3O9S2. The Kier molecular flexibility index (Phi) is 8.63. The van der Waals surface area contributed by atoms with Gasteiger partial charge in [0.1, 0.15) is 5.75 Å². The molecule has 6 unspecified atom stereocenters. The molecule has 2 bridgehead atoms. The number of esters is 3. The molecule has 2 aromatic carbocycles. The van der Waals surface area contributed by atoms with Crippen LogP contribution in [-0.2, 0) is 29.2 Å². The summed E-state index contributed by atoms with van der Waals surface area (Å²) in [6.45, 7) is 0. The minimum atomic E-state index is -4.47. The number of carbonyl (C=O) groups excluding carboxylic acids is 3. The van der Waals surface area contributed by atoms with E-state index < -0.39 is 57.3 Å². The normalized spacial score (nSPS) is 28.9. The van der Waals surface area contributed by atoms with Crippen LogP contribution in [0.25, 0.3) is 0 Å². The molecule has 3 aliphatic heterocycles. The van der Waals surface area contributed by atoms with Gasteiger partial charge in [0.05, 0.1) is 32.8 Å². The number of hydrogen-bond acceptors (Lipinski definition) is 9. The number of benzene rings is 2. The lowest BCUT2D eigenvalue weighted by Gasteiger charge is -2.29. The average molecular weight is 936 g/mol. The smallest absolute Gasteiger partial charge is 0.339 e. The lowest BCUT2D eigenvalue weighted by Crippen LogP contribution is -2.48. The highest BCUT2D eigenvalue weighted by Crippen LogP contribution is 2.59. The Balaban J connectivity index is 1.26. The molecule has 3 saturated heterocycles. The molecule has 1 aliphatic carbocycles. The van der Waals surface area contributed by atoms with E-state index in [1.165, 1.54) is 30.0 Å². The van der Waals surface area contributed by atoms with Crippen LogP contribution in [0.5, 0.6) is 5.75 Å². The van der Waals surface area contributed by atoms with Crippen molar-refractivity contribution in [2.45, 2.75) is 65.6 Å². The van der Waals surface area contributed by atoms with E-state index >= 15 is 0 Å². The minimum absolute atomic E-state index is 0.0846. The first-order valence-electron chi connectivity index (χ1n) is 13.0. The van der Waals surface area contributed by atoms with Gasteiger partial charge in [0.15, 0.2) is 12.2 Å². The van der Waals surface area contributed by atoms with Crippen LogP contribution in [0, 0.1) is 22.5 Å². The van der Waals surface area contributed by atoms with Crippen molar-refractivity contribution in [1.82, 2.24) is 0 Å². The monoisotopic (exact) mass is 936 g/mol. The summed E-state index contributed by atoms with van der Waals surface area (Å²) in [6.07, 6.45) is 3.01. The highest BCUT2D eigenvalue weighted by atomic mass is 127. The molecule has 3 heterocycles. The molecular weight excluding hydrogens is 913 g/mol. The van der Waals surface area contributed by atoms with Gasteiger partial charge in [-0.15, -0.1) is 11.8 Å². The van der Waals surface area contributed by atoms with E-state index in [4.69, 9.17) is 14.2 Å². The predicted octanol–water partition coefficient (Wildman–Crippen LogP) is 5.58. The van der Waals surface area contributed by atoms with Crippen LogP contribution in [0.15, 0.2) is 35.2 Å². The maximum atomic E-state index is 13.6. The zero-order chi connectivity index (χ0) is 29.2. The van der Waals surface area contributed by atoms with E-state index in [1.807, 2.05) is 6.07 Å². The summed E-state index contributed by atoms with van der Waals surface area (Å²) in [7, 11) is -4.47. The van der Waals surface area contributed by atoms with Gasteiger partial charge in [-0.25, -0.2) is 4.79 Å². The molecule has 218 valence electrons. The first-order valence-corrected chi connectivity index (χ1v) is 18.6. The highest BCUT2D eigenvalue weighted by Gasteiger charge is 2.71. The van der Waals surface area contributed by atoms with Crippen molar-refractivity contribution < 1.29 is 41.6 Å². The van der Waals surface area contributed by atoms with Crippen LogP contribution in [0.4, 0.5) is 0 Å². The topological polar surface area (TPSA) is 133 Å². The van der Waals surface area contributed by atoms with Crippen molar-refractivity contribution in [3.63, 3.8) is 0 Å². The van der Waals surface area contributed by atoms with E-state index in [1.54, 1.807) is 6.07 Å². The molecule has 9 nitrogen and oxygen atoms in total. The predicted molar refractivity (Wildman–Crippen MR) is 174 cm³/mol. The SMILES string of the molecule is O=C(OC1C2OC(=O)C3C2SC1C3C(=O)Oc1ccc(S(=O)(=O)O)c(C2CCCCC2)c1)c1cc(I)cc(I)c1I. The summed E-state index contributed by atoms with van der Waals surface area (Å²) in [6, 6.07) is 7.78. The van der Waals surface area contributed by atoms with E-state index in [2.05, 4.69) is 67.8 Å². The van der Waals surface area contributed by atoms with Crippen LogP contribution in [-0.4, -0.2) is 53.6 Å². The Labute approximate surface area is 281 Å². The van der Waals surface area contributed by atoms with Gasteiger partial charge < -0.3 is 14.2 Å². The van der Waals surface area contributed by atoms with Crippen molar-refractivity contribution in [3.05, 3.63) is 52.2 Å². The molecule has 0 spiro atoms. The van der Waals surface area contributed by atoms with Gasteiger partial charge >= 0.3 is 17.9 Å². The van der Waals surface area contributed by atoms with E-state index in [9.17, 15) is 27.4 Å². The van der Waals surface area contributed by atoms with Gasteiger partial charge in [-0.1, -0.05) is 19.3 Å². The van der Waals surface area contributed by atoms with Crippen molar-refractivity contribution in [2.75, 3.05) is 0 Å². The van der Waals surface area contributed by atoms with E-state index in [0.29, 0.717) is 11.1 Å². The van der Waals surface area contributed by atoms with Crippen LogP contribution < -0.4 is 4.74 Å². The van der Waals surface area contributed by atoms with Gasteiger partial charge in [0.25, 0.3) is 10.1 Å². The van der Waals surface area contributed by atoms with Crippen molar-refractivity contribution in [3.8, 4) is 5.75 Å². The second-order valence-electron chi connectivity index (χ2n) is 10.6. The van der Waals surface area contributed by atoms with Crippen LogP contribution >= 0.6 is 79.5 Å². The molecule has 2 aromatic rings. The van der Waals surface area contributed by atoms with Crippen molar-refractivity contribution >= 4 is 108 Å². The molecule has 4 aliphatic rings. The van der Waals surface area contributed by atoms with Gasteiger partial charge in [-0.05, 0) is 122 Å². The Morgan fingerprint density at radius 1 is 1.02 bits per heavy atom. The van der Waals surface area contributed by atoms with E-state index in [-0.39, 0.29) is 21.8 Å². The summed E-state index contributed by atoms with van der Waals surface area (Å²) in [5.74, 6) is -3.29. The molecule has 1 N–H and O–H groups in total. The summed E-state index contributed by atoms with van der Waals surface area (Å²) in [5.41, 5.74) is 0.831. The van der Waals surface area contributed by atoms with Gasteiger partial charge in [-0.3, -0.25) is 14.1 Å². The molecule has 0 amide bonds. The fourth-order valence-corrected chi connectivity index (χ4v) is 11.5. The highest BCUT2D eigenvalue weighted by molar-refractivity contribution is 14.1.